The standard InChI is InChI=1S/C15H13ClN6/c16-12-5-1-3-10(7-12)14-8-13(11-4-2-6-17-9-11)18-15-19-20-21-22(14)15/h1-7,9,13-14H,8H2,(H,18,19,21). The van der Waals surface area contributed by atoms with Gasteiger partial charge in [0.15, 0.2) is 0 Å². The van der Waals surface area contributed by atoms with Crippen LogP contribution in [0.4, 0.5) is 5.95 Å². The summed E-state index contributed by atoms with van der Waals surface area (Å²) in [6.45, 7) is 0. The van der Waals surface area contributed by atoms with E-state index in [1.165, 1.54) is 0 Å². The zero-order chi connectivity index (χ0) is 14.9. The lowest BCUT2D eigenvalue weighted by Gasteiger charge is -2.30. The molecule has 0 spiro atoms. The highest BCUT2D eigenvalue weighted by Gasteiger charge is 2.30. The maximum Gasteiger partial charge on any atom is 0.243 e. The smallest absolute Gasteiger partial charge is 0.243 e. The lowest BCUT2D eigenvalue weighted by atomic mass is 9.94. The van der Waals surface area contributed by atoms with Crippen molar-refractivity contribution in [2.45, 2.75) is 18.5 Å². The second-order valence-electron chi connectivity index (χ2n) is 5.24. The van der Waals surface area contributed by atoms with E-state index < -0.39 is 0 Å². The summed E-state index contributed by atoms with van der Waals surface area (Å²) in [5.41, 5.74) is 2.21. The molecule has 0 saturated heterocycles. The summed E-state index contributed by atoms with van der Waals surface area (Å²) in [6, 6.07) is 12.0. The van der Waals surface area contributed by atoms with Crippen LogP contribution in [0.5, 0.6) is 0 Å². The van der Waals surface area contributed by atoms with E-state index >= 15 is 0 Å². The Kier molecular flexibility index (Phi) is 3.23. The molecule has 0 saturated carbocycles. The van der Waals surface area contributed by atoms with Gasteiger partial charge in [-0.25, -0.2) is 4.68 Å². The van der Waals surface area contributed by atoms with E-state index in [1.54, 1.807) is 10.9 Å². The van der Waals surface area contributed by atoms with Crippen LogP contribution >= 0.6 is 11.6 Å². The summed E-state index contributed by atoms with van der Waals surface area (Å²) >= 11 is 6.13. The summed E-state index contributed by atoms with van der Waals surface area (Å²) < 4.78 is 1.80. The van der Waals surface area contributed by atoms with Gasteiger partial charge in [0.05, 0.1) is 12.1 Å². The van der Waals surface area contributed by atoms with Crippen LogP contribution in [-0.4, -0.2) is 25.2 Å². The van der Waals surface area contributed by atoms with Crippen LogP contribution in [0.2, 0.25) is 5.02 Å². The van der Waals surface area contributed by atoms with Gasteiger partial charge in [0.25, 0.3) is 0 Å². The minimum atomic E-state index is 0.0372. The predicted octanol–water partition coefficient (Wildman–Crippen LogP) is 2.87. The molecular formula is C15H13ClN6. The van der Waals surface area contributed by atoms with Crippen LogP contribution in [0.15, 0.2) is 48.8 Å². The first-order chi connectivity index (χ1) is 10.8. The van der Waals surface area contributed by atoms with E-state index in [0.29, 0.717) is 11.0 Å². The highest BCUT2D eigenvalue weighted by molar-refractivity contribution is 6.30. The number of nitrogens with zero attached hydrogens (tertiary/aromatic N) is 5. The third-order valence-corrected chi connectivity index (χ3v) is 4.11. The second kappa shape index (κ2) is 5.38. The molecule has 0 radical (unpaired) electrons. The fourth-order valence-corrected chi connectivity index (χ4v) is 3.03. The van der Waals surface area contributed by atoms with Crippen molar-refractivity contribution in [1.82, 2.24) is 25.2 Å². The highest BCUT2D eigenvalue weighted by Crippen LogP contribution is 2.37. The number of rotatable bonds is 2. The Morgan fingerprint density at radius 1 is 1.18 bits per heavy atom. The van der Waals surface area contributed by atoms with Crippen molar-refractivity contribution in [3.8, 4) is 0 Å². The zero-order valence-corrected chi connectivity index (χ0v) is 12.4. The van der Waals surface area contributed by atoms with Crippen LogP contribution in [-0.2, 0) is 0 Å². The van der Waals surface area contributed by atoms with Crippen LogP contribution in [0.25, 0.3) is 0 Å². The van der Waals surface area contributed by atoms with Crippen molar-refractivity contribution in [2.75, 3.05) is 5.32 Å². The molecule has 0 bridgehead atoms. The van der Waals surface area contributed by atoms with Crippen molar-refractivity contribution in [2.24, 2.45) is 0 Å². The normalized spacial score (nSPS) is 20.2. The van der Waals surface area contributed by atoms with Gasteiger partial charge >= 0.3 is 0 Å². The monoisotopic (exact) mass is 312 g/mol. The molecule has 110 valence electrons. The predicted molar refractivity (Wildman–Crippen MR) is 82.6 cm³/mol. The van der Waals surface area contributed by atoms with Gasteiger partial charge in [0, 0.05) is 17.4 Å². The number of tetrazole rings is 1. The summed E-state index contributed by atoms with van der Waals surface area (Å²) in [6.07, 6.45) is 4.46. The van der Waals surface area contributed by atoms with E-state index in [4.69, 9.17) is 11.6 Å². The van der Waals surface area contributed by atoms with Crippen LogP contribution < -0.4 is 5.32 Å². The average molecular weight is 313 g/mol. The Morgan fingerprint density at radius 3 is 2.91 bits per heavy atom. The molecular weight excluding hydrogens is 300 g/mol. The number of aromatic nitrogens is 5. The number of pyridine rings is 1. The highest BCUT2D eigenvalue weighted by atomic mass is 35.5. The molecule has 2 aromatic heterocycles. The molecule has 2 unspecified atom stereocenters. The zero-order valence-electron chi connectivity index (χ0n) is 11.6. The summed E-state index contributed by atoms with van der Waals surface area (Å²) in [7, 11) is 0. The minimum Gasteiger partial charge on any atom is -0.346 e. The van der Waals surface area contributed by atoms with Gasteiger partial charge in [-0.2, -0.15) is 0 Å². The number of hydrogen-bond donors (Lipinski definition) is 1. The van der Waals surface area contributed by atoms with Gasteiger partial charge in [-0.05, 0) is 46.2 Å². The molecule has 4 rings (SSSR count). The van der Waals surface area contributed by atoms with Crippen molar-refractivity contribution >= 4 is 17.5 Å². The van der Waals surface area contributed by atoms with Crippen LogP contribution in [0.3, 0.4) is 0 Å². The van der Waals surface area contributed by atoms with E-state index in [9.17, 15) is 0 Å². The molecule has 1 aliphatic rings. The van der Waals surface area contributed by atoms with Crippen molar-refractivity contribution in [1.29, 1.82) is 0 Å². The van der Waals surface area contributed by atoms with Crippen LogP contribution in [0, 0.1) is 0 Å². The molecule has 1 aromatic carbocycles. The Hall–Kier alpha value is -2.47. The molecule has 3 aromatic rings. The second-order valence-corrected chi connectivity index (χ2v) is 5.67. The van der Waals surface area contributed by atoms with E-state index in [2.05, 4.69) is 31.9 Å². The molecule has 0 aliphatic carbocycles. The molecule has 0 amide bonds. The molecule has 22 heavy (non-hydrogen) atoms. The number of anilines is 1. The maximum absolute atomic E-state index is 6.13. The van der Waals surface area contributed by atoms with Gasteiger partial charge < -0.3 is 5.32 Å². The molecule has 1 N–H and O–H groups in total. The van der Waals surface area contributed by atoms with Gasteiger partial charge in [0.1, 0.15) is 0 Å². The SMILES string of the molecule is Clc1cccc(C2CC(c3cccnc3)Nc3nnnn32)c1. The average Bonchev–Trinajstić information content (AvgIpc) is 3.03. The number of halogens is 1. The van der Waals surface area contributed by atoms with Gasteiger partial charge in [-0.3, -0.25) is 4.98 Å². The van der Waals surface area contributed by atoms with Crippen molar-refractivity contribution in [3.05, 3.63) is 64.9 Å². The molecule has 7 heteroatoms. The molecule has 2 atom stereocenters. The third-order valence-electron chi connectivity index (χ3n) is 3.87. The summed E-state index contributed by atoms with van der Waals surface area (Å²) in [5, 5.41) is 16.0. The first kappa shape index (κ1) is 13.2. The maximum atomic E-state index is 6.13. The summed E-state index contributed by atoms with van der Waals surface area (Å²) in [4.78, 5) is 4.20. The van der Waals surface area contributed by atoms with Crippen LogP contribution in [0.1, 0.15) is 29.6 Å². The largest absolute Gasteiger partial charge is 0.346 e. The lowest BCUT2D eigenvalue weighted by molar-refractivity contribution is 0.423. The molecule has 1 aliphatic heterocycles. The Bertz CT molecular complexity index is 787. The third kappa shape index (κ3) is 2.31. The quantitative estimate of drug-likeness (QED) is 0.788. The first-order valence-corrected chi connectivity index (χ1v) is 7.39. The lowest BCUT2D eigenvalue weighted by Crippen LogP contribution is -2.28. The van der Waals surface area contributed by atoms with Gasteiger partial charge in [-0.15, -0.1) is 0 Å². The first-order valence-electron chi connectivity index (χ1n) is 7.01. The molecule has 0 fully saturated rings. The number of hydrogen-bond acceptors (Lipinski definition) is 5. The Morgan fingerprint density at radius 2 is 2.09 bits per heavy atom. The topological polar surface area (TPSA) is 68.5 Å². The number of nitrogens with one attached hydrogen (secondary N) is 1. The van der Waals surface area contributed by atoms with E-state index in [-0.39, 0.29) is 12.1 Å². The molecule has 3 heterocycles. The fourth-order valence-electron chi connectivity index (χ4n) is 2.83. The Balaban J connectivity index is 1.75. The summed E-state index contributed by atoms with van der Waals surface area (Å²) in [5.74, 6) is 0.657. The Labute approximate surface area is 132 Å². The van der Waals surface area contributed by atoms with E-state index in [0.717, 1.165) is 17.5 Å². The minimum absolute atomic E-state index is 0.0372. The van der Waals surface area contributed by atoms with Gasteiger partial charge in [0.2, 0.25) is 5.95 Å². The van der Waals surface area contributed by atoms with Crippen molar-refractivity contribution < 1.29 is 0 Å². The fraction of sp³-hybridized carbons (Fsp3) is 0.200. The van der Waals surface area contributed by atoms with Crippen molar-refractivity contribution in [3.63, 3.8) is 0 Å². The molecule has 6 nitrogen and oxygen atoms in total. The number of fused-ring (bicyclic) bond motifs is 1. The van der Waals surface area contributed by atoms with E-state index in [1.807, 2.05) is 36.5 Å². The number of benzene rings is 1. The van der Waals surface area contributed by atoms with Gasteiger partial charge in [-0.1, -0.05) is 34.9 Å².